The molecule has 29 heavy (non-hydrogen) atoms. The number of carbonyl (C=O) groups excluding carboxylic acids is 1. The van der Waals surface area contributed by atoms with E-state index in [1.807, 2.05) is 20.8 Å². The molecular formula is C22H39N5OS. The van der Waals surface area contributed by atoms with Gasteiger partial charge in [-0.05, 0) is 66.1 Å². The standard InChI is InChI=1S/C22H39N5OS/c1-21(2,3)19(28)16-9-12-26(13-10-16)15-18-24-20(29-25-18)23-14-17-8-7-11-27(17)22(4,5)6/h16-17H,7-15H2,1-6H3,(H,23,24,25). The first-order valence-electron chi connectivity index (χ1n) is 11.1. The van der Waals surface area contributed by atoms with Crippen LogP contribution in [-0.4, -0.2) is 62.7 Å². The second-order valence-electron chi connectivity index (χ2n) is 10.7. The minimum Gasteiger partial charge on any atom is -0.359 e. The van der Waals surface area contributed by atoms with Crippen molar-refractivity contribution < 1.29 is 4.79 Å². The number of aromatic nitrogens is 2. The number of nitrogens with zero attached hydrogens (tertiary/aromatic N) is 4. The summed E-state index contributed by atoms with van der Waals surface area (Å²) in [5.74, 6) is 1.52. The lowest BCUT2D eigenvalue weighted by Gasteiger charge is -2.37. The SMILES string of the molecule is CC(C)(C)C(=O)C1CCN(Cc2nsc(NCC3CCCN3C(C)(C)C)n2)CC1. The molecule has 3 rings (SSSR count). The largest absolute Gasteiger partial charge is 0.359 e. The van der Waals surface area contributed by atoms with Gasteiger partial charge in [0, 0.05) is 41.0 Å². The Morgan fingerprint density at radius 2 is 1.79 bits per heavy atom. The summed E-state index contributed by atoms with van der Waals surface area (Å²) in [4.78, 5) is 22.2. The van der Waals surface area contributed by atoms with E-state index in [1.54, 1.807) is 0 Å². The van der Waals surface area contributed by atoms with E-state index < -0.39 is 0 Å². The van der Waals surface area contributed by atoms with Crippen molar-refractivity contribution >= 4 is 22.4 Å². The number of ketones is 1. The van der Waals surface area contributed by atoms with E-state index in [0.29, 0.717) is 11.8 Å². The lowest BCUT2D eigenvalue weighted by Crippen LogP contribution is -2.47. The number of piperidine rings is 1. The van der Waals surface area contributed by atoms with E-state index in [1.165, 1.54) is 30.9 Å². The van der Waals surface area contributed by atoms with E-state index in [2.05, 4.69) is 40.3 Å². The topological polar surface area (TPSA) is 61.4 Å². The summed E-state index contributed by atoms with van der Waals surface area (Å²) < 4.78 is 4.56. The first-order chi connectivity index (χ1) is 13.5. The molecule has 7 heteroatoms. The number of likely N-dealkylation sites (tertiary alicyclic amines) is 2. The summed E-state index contributed by atoms with van der Waals surface area (Å²) in [7, 11) is 0. The number of hydrogen-bond donors (Lipinski definition) is 1. The maximum Gasteiger partial charge on any atom is 0.202 e. The zero-order valence-corrected chi connectivity index (χ0v) is 19.9. The van der Waals surface area contributed by atoms with Gasteiger partial charge in [-0.15, -0.1) is 0 Å². The van der Waals surface area contributed by atoms with E-state index >= 15 is 0 Å². The number of anilines is 1. The maximum atomic E-state index is 12.5. The molecule has 2 saturated heterocycles. The molecule has 0 bridgehead atoms. The van der Waals surface area contributed by atoms with Gasteiger partial charge in [-0.3, -0.25) is 14.6 Å². The highest BCUT2D eigenvalue weighted by Crippen LogP contribution is 2.29. The van der Waals surface area contributed by atoms with Crippen LogP contribution in [0.5, 0.6) is 0 Å². The fourth-order valence-corrected chi connectivity index (χ4v) is 5.28. The molecule has 2 aliphatic heterocycles. The molecular weight excluding hydrogens is 382 g/mol. The first kappa shape index (κ1) is 22.6. The predicted molar refractivity (Wildman–Crippen MR) is 120 cm³/mol. The third-order valence-electron chi connectivity index (χ3n) is 6.26. The molecule has 2 fully saturated rings. The van der Waals surface area contributed by atoms with Crippen LogP contribution in [0.15, 0.2) is 0 Å². The Kier molecular flexibility index (Phi) is 7.01. The van der Waals surface area contributed by atoms with Crippen molar-refractivity contribution in [2.24, 2.45) is 11.3 Å². The molecule has 0 aliphatic carbocycles. The summed E-state index contributed by atoms with van der Waals surface area (Å²) in [6.45, 7) is 17.8. The van der Waals surface area contributed by atoms with E-state index in [-0.39, 0.29) is 16.9 Å². The smallest absolute Gasteiger partial charge is 0.202 e. The summed E-state index contributed by atoms with van der Waals surface area (Å²) in [5, 5.41) is 4.45. The van der Waals surface area contributed by atoms with Gasteiger partial charge in [0.2, 0.25) is 5.13 Å². The van der Waals surface area contributed by atoms with E-state index in [0.717, 1.165) is 50.0 Å². The molecule has 2 aliphatic rings. The van der Waals surface area contributed by atoms with Gasteiger partial charge in [0.15, 0.2) is 5.82 Å². The molecule has 0 radical (unpaired) electrons. The first-order valence-corrected chi connectivity index (χ1v) is 11.9. The highest BCUT2D eigenvalue weighted by molar-refractivity contribution is 7.09. The molecule has 0 saturated carbocycles. The maximum absolute atomic E-state index is 12.5. The Morgan fingerprint density at radius 1 is 1.10 bits per heavy atom. The molecule has 6 nitrogen and oxygen atoms in total. The van der Waals surface area contributed by atoms with Crippen molar-refractivity contribution in [3.05, 3.63) is 5.82 Å². The van der Waals surface area contributed by atoms with Crippen molar-refractivity contribution in [1.82, 2.24) is 19.2 Å². The van der Waals surface area contributed by atoms with Gasteiger partial charge < -0.3 is 5.32 Å². The van der Waals surface area contributed by atoms with Crippen molar-refractivity contribution in [3.8, 4) is 0 Å². The van der Waals surface area contributed by atoms with Gasteiger partial charge in [-0.25, -0.2) is 4.98 Å². The Balaban J connectivity index is 1.45. The van der Waals surface area contributed by atoms with Crippen LogP contribution in [0.1, 0.15) is 73.1 Å². The number of hydrogen-bond acceptors (Lipinski definition) is 7. The average Bonchev–Trinajstić information content (AvgIpc) is 3.28. The number of nitrogens with one attached hydrogen (secondary N) is 1. The molecule has 164 valence electrons. The lowest BCUT2D eigenvalue weighted by atomic mass is 9.79. The van der Waals surface area contributed by atoms with Crippen LogP contribution in [0.3, 0.4) is 0 Å². The number of rotatable bonds is 6. The highest BCUT2D eigenvalue weighted by Gasteiger charge is 2.33. The zero-order chi connectivity index (χ0) is 21.2. The van der Waals surface area contributed by atoms with Gasteiger partial charge >= 0.3 is 0 Å². The van der Waals surface area contributed by atoms with Crippen LogP contribution in [0, 0.1) is 11.3 Å². The summed E-state index contributed by atoms with van der Waals surface area (Å²) in [5.41, 5.74) is -0.0125. The summed E-state index contributed by atoms with van der Waals surface area (Å²) >= 11 is 1.47. The Morgan fingerprint density at radius 3 is 2.41 bits per heavy atom. The van der Waals surface area contributed by atoms with Crippen LogP contribution < -0.4 is 5.32 Å². The molecule has 1 unspecified atom stereocenters. The second-order valence-corrected chi connectivity index (χ2v) is 11.5. The normalized spacial score (nSPS) is 22.9. The van der Waals surface area contributed by atoms with Gasteiger partial charge in [0.05, 0.1) is 6.54 Å². The average molecular weight is 422 g/mol. The van der Waals surface area contributed by atoms with Crippen LogP contribution in [-0.2, 0) is 11.3 Å². The van der Waals surface area contributed by atoms with Crippen LogP contribution >= 0.6 is 11.5 Å². The van der Waals surface area contributed by atoms with Crippen molar-refractivity contribution in [1.29, 1.82) is 0 Å². The number of Topliss-reactive ketones (excluding diaryl/α,β-unsaturated/α-hetero) is 1. The van der Waals surface area contributed by atoms with Crippen molar-refractivity contribution in [2.75, 3.05) is 31.5 Å². The molecule has 0 spiro atoms. The van der Waals surface area contributed by atoms with E-state index in [4.69, 9.17) is 4.98 Å². The molecule has 3 heterocycles. The Hall–Kier alpha value is -1.05. The monoisotopic (exact) mass is 421 g/mol. The van der Waals surface area contributed by atoms with Crippen LogP contribution in [0.4, 0.5) is 5.13 Å². The van der Waals surface area contributed by atoms with Crippen molar-refractivity contribution in [2.45, 2.75) is 85.4 Å². The zero-order valence-electron chi connectivity index (χ0n) is 19.1. The molecule has 1 N–H and O–H groups in total. The molecule has 1 aromatic heterocycles. The minimum absolute atomic E-state index is 0.212. The highest BCUT2D eigenvalue weighted by atomic mass is 32.1. The molecule has 1 atom stereocenters. The third kappa shape index (κ3) is 5.98. The molecule has 1 aromatic rings. The predicted octanol–water partition coefficient (Wildman–Crippen LogP) is 4.04. The number of carbonyl (C=O) groups is 1. The lowest BCUT2D eigenvalue weighted by molar-refractivity contribution is -0.131. The fourth-order valence-electron chi connectivity index (χ4n) is 4.69. The Bertz CT molecular complexity index is 682. The summed E-state index contributed by atoms with van der Waals surface area (Å²) in [6.07, 6.45) is 4.43. The second kappa shape index (κ2) is 8.98. The quantitative estimate of drug-likeness (QED) is 0.748. The Labute approximate surface area is 180 Å². The van der Waals surface area contributed by atoms with Crippen LogP contribution in [0.25, 0.3) is 0 Å². The summed E-state index contributed by atoms with van der Waals surface area (Å²) in [6, 6.07) is 0.571. The molecule has 0 aromatic carbocycles. The van der Waals surface area contributed by atoms with Gasteiger partial charge in [-0.1, -0.05) is 20.8 Å². The minimum atomic E-state index is -0.230. The van der Waals surface area contributed by atoms with E-state index in [9.17, 15) is 4.79 Å². The fraction of sp³-hybridized carbons (Fsp3) is 0.864. The van der Waals surface area contributed by atoms with Crippen molar-refractivity contribution in [3.63, 3.8) is 0 Å². The van der Waals surface area contributed by atoms with Crippen LogP contribution in [0.2, 0.25) is 0 Å². The molecule has 0 amide bonds. The van der Waals surface area contributed by atoms with Gasteiger partial charge in [0.25, 0.3) is 0 Å². The third-order valence-corrected chi connectivity index (χ3v) is 6.97. The van der Waals surface area contributed by atoms with Gasteiger partial charge in [-0.2, -0.15) is 4.37 Å². The van der Waals surface area contributed by atoms with Gasteiger partial charge in [0.1, 0.15) is 5.78 Å².